The van der Waals surface area contributed by atoms with Gasteiger partial charge in [0.25, 0.3) is 0 Å². The largest absolute Gasteiger partial charge is 0.379 e. The van der Waals surface area contributed by atoms with E-state index >= 15 is 0 Å². The highest BCUT2D eigenvalue weighted by molar-refractivity contribution is 5.78. The monoisotopic (exact) mass is 230 g/mol. The van der Waals surface area contributed by atoms with E-state index in [2.05, 4.69) is 22.4 Å². The summed E-state index contributed by atoms with van der Waals surface area (Å²) in [5.74, 6) is 0. The van der Waals surface area contributed by atoms with E-state index in [1.165, 1.54) is 5.39 Å². The highest BCUT2D eigenvalue weighted by Crippen LogP contribution is 2.10. The summed E-state index contributed by atoms with van der Waals surface area (Å²) in [6.07, 6.45) is 0. The van der Waals surface area contributed by atoms with Gasteiger partial charge < -0.3 is 10.1 Å². The Hall–Kier alpha value is -1.45. The molecule has 3 heteroatoms. The number of morpholine rings is 1. The molecule has 3 nitrogen and oxygen atoms in total. The lowest BCUT2D eigenvalue weighted by atomic mass is 10.2. The van der Waals surface area contributed by atoms with E-state index in [0.717, 1.165) is 37.5 Å². The maximum atomic E-state index is 5.01. The van der Waals surface area contributed by atoms with Gasteiger partial charge in [0.05, 0.1) is 18.7 Å². The van der Waals surface area contributed by atoms with Crippen LogP contribution in [0.2, 0.25) is 0 Å². The topological polar surface area (TPSA) is 34.1 Å². The van der Waals surface area contributed by atoms with Crippen molar-refractivity contribution in [2.45, 2.75) is 6.92 Å². The second kappa shape index (κ2) is 6.33. The molecule has 0 spiro atoms. The maximum Gasteiger partial charge on any atom is 0.0705 e. The van der Waals surface area contributed by atoms with E-state index in [1.807, 2.05) is 31.2 Å². The minimum absolute atomic E-state index is 0.889. The Morgan fingerprint density at radius 3 is 2.47 bits per heavy atom. The summed E-state index contributed by atoms with van der Waals surface area (Å²) in [5, 5.41) is 4.37. The second-order valence-electron chi connectivity index (χ2n) is 4.01. The molecule has 0 bridgehead atoms. The third-order valence-electron chi connectivity index (χ3n) is 2.58. The normalized spacial score (nSPS) is 15.1. The molecule has 1 aliphatic heterocycles. The molecule has 1 fully saturated rings. The Morgan fingerprint density at radius 2 is 1.82 bits per heavy atom. The first-order valence-electron chi connectivity index (χ1n) is 5.97. The standard InChI is InChI=1S/C10H9N.C4H9NO/c1-8-6-7-9-4-2-3-5-10(9)11-8;1-3-6-4-2-5-1/h2-7H,1H3;5H,1-4H2. The Morgan fingerprint density at radius 1 is 1.06 bits per heavy atom. The number of aryl methyl sites for hydroxylation is 1. The maximum absolute atomic E-state index is 5.01. The van der Waals surface area contributed by atoms with Gasteiger partial charge in [-0.15, -0.1) is 0 Å². The molecular weight excluding hydrogens is 212 g/mol. The number of para-hydroxylation sites is 1. The van der Waals surface area contributed by atoms with Gasteiger partial charge in [-0.25, -0.2) is 0 Å². The van der Waals surface area contributed by atoms with Gasteiger partial charge in [0.2, 0.25) is 0 Å². The number of hydrogen-bond acceptors (Lipinski definition) is 3. The molecule has 3 rings (SSSR count). The number of fused-ring (bicyclic) bond motifs is 1. The van der Waals surface area contributed by atoms with Crippen molar-refractivity contribution in [1.29, 1.82) is 0 Å². The second-order valence-corrected chi connectivity index (χ2v) is 4.01. The first kappa shape index (κ1) is 12.0. The summed E-state index contributed by atoms with van der Waals surface area (Å²) in [6.45, 7) is 5.84. The van der Waals surface area contributed by atoms with Crippen LogP contribution in [-0.2, 0) is 4.74 Å². The summed E-state index contributed by atoms with van der Waals surface area (Å²) in [4.78, 5) is 4.38. The average molecular weight is 230 g/mol. The van der Waals surface area contributed by atoms with Gasteiger partial charge in [0, 0.05) is 24.2 Å². The molecule has 90 valence electrons. The number of ether oxygens (including phenoxy) is 1. The van der Waals surface area contributed by atoms with Crippen molar-refractivity contribution in [3.05, 3.63) is 42.1 Å². The zero-order valence-corrected chi connectivity index (χ0v) is 10.1. The van der Waals surface area contributed by atoms with Gasteiger partial charge >= 0.3 is 0 Å². The minimum atomic E-state index is 0.889. The fourth-order valence-corrected chi connectivity index (χ4v) is 1.68. The van der Waals surface area contributed by atoms with Crippen molar-refractivity contribution in [2.75, 3.05) is 26.3 Å². The molecule has 1 aromatic heterocycles. The van der Waals surface area contributed by atoms with Crippen molar-refractivity contribution in [1.82, 2.24) is 10.3 Å². The SMILES string of the molecule is C1COCCN1.Cc1ccc2ccccc2n1. The van der Waals surface area contributed by atoms with E-state index < -0.39 is 0 Å². The summed E-state index contributed by atoms with van der Waals surface area (Å²) in [5.41, 5.74) is 2.15. The van der Waals surface area contributed by atoms with E-state index in [1.54, 1.807) is 0 Å². The van der Waals surface area contributed by atoms with Gasteiger partial charge in [-0.2, -0.15) is 0 Å². The molecule has 2 aromatic rings. The van der Waals surface area contributed by atoms with E-state index in [4.69, 9.17) is 4.74 Å². The van der Waals surface area contributed by atoms with Crippen molar-refractivity contribution in [2.24, 2.45) is 0 Å². The molecule has 1 aliphatic rings. The molecule has 0 atom stereocenters. The summed E-state index contributed by atoms with van der Waals surface area (Å²) >= 11 is 0. The number of pyridine rings is 1. The summed E-state index contributed by atoms with van der Waals surface area (Å²) in [6, 6.07) is 12.3. The molecular formula is C14H18N2O. The lowest BCUT2D eigenvalue weighted by Gasteiger charge is -2.10. The number of hydrogen-bond donors (Lipinski definition) is 1. The molecule has 0 radical (unpaired) electrons. The van der Waals surface area contributed by atoms with Gasteiger partial charge in [0.15, 0.2) is 0 Å². The minimum Gasteiger partial charge on any atom is -0.379 e. The van der Waals surface area contributed by atoms with Crippen LogP contribution in [0.25, 0.3) is 10.9 Å². The smallest absolute Gasteiger partial charge is 0.0705 e. The predicted molar refractivity (Wildman–Crippen MR) is 70.2 cm³/mol. The van der Waals surface area contributed by atoms with E-state index in [0.29, 0.717) is 0 Å². The molecule has 17 heavy (non-hydrogen) atoms. The third-order valence-corrected chi connectivity index (χ3v) is 2.58. The fraction of sp³-hybridized carbons (Fsp3) is 0.357. The first-order chi connectivity index (χ1) is 8.36. The highest BCUT2D eigenvalue weighted by Gasteiger charge is 1.93. The zero-order valence-electron chi connectivity index (χ0n) is 10.1. The molecule has 0 saturated carbocycles. The molecule has 0 unspecified atom stereocenters. The van der Waals surface area contributed by atoms with Crippen LogP contribution in [0.5, 0.6) is 0 Å². The van der Waals surface area contributed by atoms with E-state index in [-0.39, 0.29) is 0 Å². The zero-order chi connectivity index (χ0) is 11.9. The van der Waals surface area contributed by atoms with Crippen LogP contribution in [0.4, 0.5) is 0 Å². The van der Waals surface area contributed by atoms with Gasteiger partial charge in [-0.05, 0) is 19.1 Å². The summed E-state index contributed by atoms with van der Waals surface area (Å²) < 4.78 is 5.01. The number of nitrogens with zero attached hydrogens (tertiary/aromatic N) is 1. The molecule has 1 aromatic carbocycles. The van der Waals surface area contributed by atoms with Crippen LogP contribution >= 0.6 is 0 Å². The quantitative estimate of drug-likeness (QED) is 0.753. The average Bonchev–Trinajstić information content (AvgIpc) is 2.41. The Kier molecular flexibility index (Phi) is 4.47. The molecule has 0 aliphatic carbocycles. The van der Waals surface area contributed by atoms with Crippen LogP contribution in [0.15, 0.2) is 36.4 Å². The molecule has 0 amide bonds. The Bertz CT molecular complexity index is 455. The van der Waals surface area contributed by atoms with Crippen molar-refractivity contribution >= 4 is 10.9 Å². The van der Waals surface area contributed by atoms with Crippen molar-refractivity contribution < 1.29 is 4.74 Å². The predicted octanol–water partition coefficient (Wildman–Crippen LogP) is 2.15. The van der Waals surface area contributed by atoms with Crippen LogP contribution in [0, 0.1) is 6.92 Å². The number of nitrogens with one attached hydrogen (secondary N) is 1. The number of rotatable bonds is 0. The van der Waals surface area contributed by atoms with Crippen LogP contribution < -0.4 is 5.32 Å². The highest BCUT2D eigenvalue weighted by atomic mass is 16.5. The molecule has 1 N–H and O–H groups in total. The van der Waals surface area contributed by atoms with Gasteiger partial charge in [-0.1, -0.05) is 24.3 Å². The summed E-state index contributed by atoms with van der Waals surface area (Å²) in [7, 11) is 0. The van der Waals surface area contributed by atoms with Crippen LogP contribution in [0.3, 0.4) is 0 Å². The van der Waals surface area contributed by atoms with Crippen LogP contribution in [0.1, 0.15) is 5.69 Å². The fourth-order valence-electron chi connectivity index (χ4n) is 1.68. The first-order valence-corrected chi connectivity index (χ1v) is 5.97. The Balaban J connectivity index is 0.000000153. The Labute approximate surface area is 102 Å². The third kappa shape index (κ3) is 3.80. The van der Waals surface area contributed by atoms with Crippen molar-refractivity contribution in [3.63, 3.8) is 0 Å². The van der Waals surface area contributed by atoms with Gasteiger partial charge in [-0.3, -0.25) is 4.98 Å². The van der Waals surface area contributed by atoms with Crippen LogP contribution in [-0.4, -0.2) is 31.3 Å². The lowest BCUT2D eigenvalue weighted by molar-refractivity contribution is 0.109. The lowest BCUT2D eigenvalue weighted by Crippen LogP contribution is -2.30. The molecule has 2 heterocycles. The van der Waals surface area contributed by atoms with Crippen molar-refractivity contribution in [3.8, 4) is 0 Å². The number of benzene rings is 1. The van der Waals surface area contributed by atoms with Gasteiger partial charge in [0.1, 0.15) is 0 Å². The van der Waals surface area contributed by atoms with E-state index in [9.17, 15) is 0 Å². The number of aromatic nitrogens is 1. The molecule has 1 saturated heterocycles.